The number of amides is 2. The standard InChI is InChI=1S/C16H19N3O4/c1-11-14(12(2)23-19-11)10-18-16(21)7-8-17-15(20)6-5-13-4-3-9-22-13/h3-6,9H,7-8,10H2,1-2H3,(H,17,20)(H,18,21)/b6-5+. The van der Waals surface area contributed by atoms with Crippen LogP contribution in [0, 0.1) is 13.8 Å². The summed E-state index contributed by atoms with van der Waals surface area (Å²) in [5.74, 6) is 0.858. The van der Waals surface area contributed by atoms with Crippen molar-refractivity contribution in [2.75, 3.05) is 6.54 Å². The number of carbonyl (C=O) groups excluding carboxylic acids is 2. The van der Waals surface area contributed by atoms with Crippen molar-refractivity contribution in [2.24, 2.45) is 0 Å². The van der Waals surface area contributed by atoms with Crippen LogP contribution in [-0.2, 0) is 16.1 Å². The Morgan fingerprint density at radius 1 is 1.30 bits per heavy atom. The lowest BCUT2D eigenvalue weighted by Crippen LogP contribution is -2.29. The van der Waals surface area contributed by atoms with Crippen LogP contribution in [0.25, 0.3) is 6.08 Å². The highest BCUT2D eigenvalue weighted by molar-refractivity contribution is 5.91. The third kappa shape index (κ3) is 5.14. The Bertz CT molecular complexity index is 667. The summed E-state index contributed by atoms with van der Waals surface area (Å²) in [7, 11) is 0. The molecule has 23 heavy (non-hydrogen) atoms. The zero-order valence-corrected chi connectivity index (χ0v) is 13.1. The maximum Gasteiger partial charge on any atom is 0.244 e. The van der Waals surface area contributed by atoms with Crippen molar-refractivity contribution in [1.82, 2.24) is 15.8 Å². The van der Waals surface area contributed by atoms with E-state index in [1.807, 2.05) is 6.92 Å². The molecule has 0 aromatic carbocycles. The second-order valence-electron chi connectivity index (χ2n) is 4.97. The van der Waals surface area contributed by atoms with Gasteiger partial charge in [-0.3, -0.25) is 9.59 Å². The van der Waals surface area contributed by atoms with Crippen LogP contribution < -0.4 is 10.6 Å². The normalized spacial score (nSPS) is 10.9. The summed E-state index contributed by atoms with van der Waals surface area (Å²) < 4.78 is 10.1. The van der Waals surface area contributed by atoms with Crippen LogP contribution in [0.2, 0.25) is 0 Å². The van der Waals surface area contributed by atoms with Crippen molar-refractivity contribution in [3.63, 3.8) is 0 Å². The van der Waals surface area contributed by atoms with E-state index >= 15 is 0 Å². The van der Waals surface area contributed by atoms with E-state index in [1.165, 1.54) is 12.3 Å². The Kier molecular flexibility index (Phi) is 5.74. The molecule has 0 saturated carbocycles. The minimum Gasteiger partial charge on any atom is -0.465 e. The average Bonchev–Trinajstić information content (AvgIpc) is 3.14. The molecule has 2 rings (SSSR count). The maximum absolute atomic E-state index is 11.7. The molecular formula is C16H19N3O4. The number of nitrogens with one attached hydrogen (secondary N) is 2. The van der Waals surface area contributed by atoms with Gasteiger partial charge in [0, 0.05) is 31.1 Å². The number of carbonyl (C=O) groups is 2. The van der Waals surface area contributed by atoms with Crippen molar-refractivity contribution in [3.05, 3.63) is 47.2 Å². The minimum absolute atomic E-state index is 0.152. The lowest BCUT2D eigenvalue weighted by atomic mass is 10.2. The number of aryl methyl sites for hydroxylation is 2. The minimum atomic E-state index is -0.278. The highest BCUT2D eigenvalue weighted by Crippen LogP contribution is 2.11. The van der Waals surface area contributed by atoms with Crippen molar-refractivity contribution < 1.29 is 18.5 Å². The van der Waals surface area contributed by atoms with Gasteiger partial charge >= 0.3 is 0 Å². The van der Waals surface area contributed by atoms with Crippen LogP contribution in [-0.4, -0.2) is 23.5 Å². The number of hydrogen-bond donors (Lipinski definition) is 2. The Morgan fingerprint density at radius 3 is 2.78 bits per heavy atom. The van der Waals surface area contributed by atoms with E-state index in [4.69, 9.17) is 8.94 Å². The molecule has 0 atom stereocenters. The topological polar surface area (TPSA) is 97.4 Å². The van der Waals surface area contributed by atoms with Crippen LogP contribution in [0.3, 0.4) is 0 Å². The molecule has 2 amide bonds. The van der Waals surface area contributed by atoms with Gasteiger partial charge in [0.1, 0.15) is 11.5 Å². The third-order valence-corrected chi connectivity index (χ3v) is 3.24. The Balaban J connectivity index is 1.65. The SMILES string of the molecule is Cc1noc(C)c1CNC(=O)CCNC(=O)/C=C/c1ccco1. The second kappa shape index (κ2) is 7.98. The quantitative estimate of drug-likeness (QED) is 0.758. The predicted molar refractivity (Wildman–Crippen MR) is 83.2 cm³/mol. The van der Waals surface area contributed by atoms with Gasteiger partial charge in [-0.15, -0.1) is 0 Å². The van der Waals surface area contributed by atoms with Gasteiger partial charge in [-0.2, -0.15) is 0 Å². The van der Waals surface area contributed by atoms with Gasteiger partial charge in [0.25, 0.3) is 0 Å². The van der Waals surface area contributed by atoms with Crippen LogP contribution in [0.5, 0.6) is 0 Å². The summed E-state index contributed by atoms with van der Waals surface area (Å²) in [5, 5.41) is 9.23. The Labute approximate surface area is 133 Å². The fraction of sp³-hybridized carbons (Fsp3) is 0.312. The van der Waals surface area contributed by atoms with Gasteiger partial charge < -0.3 is 19.6 Å². The van der Waals surface area contributed by atoms with Crippen LogP contribution in [0.4, 0.5) is 0 Å². The molecule has 0 radical (unpaired) electrons. The molecule has 0 spiro atoms. The fourth-order valence-electron chi connectivity index (χ4n) is 1.93. The molecule has 0 aliphatic rings. The fourth-order valence-corrected chi connectivity index (χ4v) is 1.93. The molecule has 0 aliphatic heterocycles. The summed E-state index contributed by atoms with van der Waals surface area (Å²) in [5.41, 5.74) is 1.64. The van der Waals surface area contributed by atoms with Crippen molar-refractivity contribution >= 4 is 17.9 Å². The largest absolute Gasteiger partial charge is 0.465 e. The number of rotatable bonds is 7. The number of furan rings is 1. The molecular weight excluding hydrogens is 298 g/mol. The molecule has 0 bridgehead atoms. The molecule has 2 aromatic rings. The van der Waals surface area contributed by atoms with Crippen LogP contribution in [0.15, 0.2) is 33.4 Å². The lowest BCUT2D eigenvalue weighted by molar-refractivity contribution is -0.121. The lowest BCUT2D eigenvalue weighted by Gasteiger charge is -2.05. The molecule has 0 unspecified atom stereocenters. The highest BCUT2D eigenvalue weighted by Gasteiger charge is 2.10. The van der Waals surface area contributed by atoms with E-state index in [9.17, 15) is 9.59 Å². The van der Waals surface area contributed by atoms with Crippen molar-refractivity contribution in [3.8, 4) is 0 Å². The summed E-state index contributed by atoms with van der Waals surface area (Å²) in [4.78, 5) is 23.3. The molecule has 7 heteroatoms. The van der Waals surface area contributed by atoms with E-state index in [2.05, 4.69) is 15.8 Å². The average molecular weight is 317 g/mol. The van der Waals surface area contributed by atoms with Gasteiger partial charge in [0.15, 0.2) is 0 Å². The molecule has 2 aromatic heterocycles. The van der Waals surface area contributed by atoms with Gasteiger partial charge in [-0.05, 0) is 32.1 Å². The molecule has 0 aliphatic carbocycles. The summed E-state index contributed by atoms with van der Waals surface area (Å²) in [6.45, 7) is 4.25. The molecule has 122 valence electrons. The monoisotopic (exact) mass is 317 g/mol. The highest BCUT2D eigenvalue weighted by atomic mass is 16.5. The van der Waals surface area contributed by atoms with Gasteiger partial charge in [0.05, 0.1) is 12.0 Å². The molecule has 2 heterocycles. The number of aromatic nitrogens is 1. The predicted octanol–water partition coefficient (Wildman–Crippen LogP) is 1.72. The first kappa shape index (κ1) is 16.5. The van der Waals surface area contributed by atoms with E-state index in [1.54, 1.807) is 25.1 Å². The third-order valence-electron chi connectivity index (χ3n) is 3.24. The summed E-state index contributed by atoms with van der Waals surface area (Å²) in [6, 6.07) is 3.48. The number of nitrogens with zero attached hydrogens (tertiary/aromatic N) is 1. The van der Waals surface area contributed by atoms with Crippen LogP contribution >= 0.6 is 0 Å². The molecule has 0 fully saturated rings. The first-order chi connectivity index (χ1) is 11.1. The Hall–Kier alpha value is -2.83. The first-order valence-electron chi connectivity index (χ1n) is 7.24. The first-order valence-corrected chi connectivity index (χ1v) is 7.24. The van der Waals surface area contributed by atoms with Crippen LogP contribution in [0.1, 0.15) is 29.2 Å². The summed E-state index contributed by atoms with van der Waals surface area (Å²) >= 11 is 0. The van der Waals surface area contributed by atoms with E-state index < -0.39 is 0 Å². The summed E-state index contributed by atoms with van der Waals surface area (Å²) in [6.07, 6.45) is 4.65. The molecule has 2 N–H and O–H groups in total. The molecule has 0 saturated heterocycles. The van der Waals surface area contributed by atoms with Gasteiger partial charge in [0.2, 0.25) is 11.8 Å². The maximum atomic E-state index is 11.7. The zero-order chi connectivity index (χ0) is 16.7. The number of hydrogen-bond acceptors (Lipinski definition) is 5. The Morgan fingerprint density at radius 2 is 2.13 bits per heavy atom. The van der Waals surface area contributed by atoms with E-state index in [0.717, 1.165) is 11.3 Å². The zero-order valence-electron chi connectivity index (χ0n) is 13.1. The smallest absolute Gasteiger partial charge is 0.244 e. The second-order valence-corrected chi connectivity index (χ2v) is 4.97. The van der Waals surface area contributed by atoms with Crippen molar-refractivity contribution in [2.45, 2.75) is 26.8 Å². The van der Waals surface area contributed by atoms with Gasteiger partial charge in [-0.1, -0.05) is 5.16 Å². The van der Waals surface area contributed by atoms with Crippen molar-refractivity contribution in [1.29, 1.82) is 0 Å². The molecule has 7 nitrogen and oxygen atoms in total. The van der Waals surface area contributed by atoms with Gasteiger partial charge in [-0.25, -0.2) is 0 Å². The van der Waals surface area contributed by atoms with E-state index in [-0.39, 0.29) is 24.8 Å². The van der Waals surface area contributed by atoms with E-state index in [0.29, 0.717) is 18.1 Å².